The number of halogens is 1. The molecule has 0 aliphatic rings. The molecule has 0 bridgehead atoms. The van der Waals surface area contributed by atoms with E-state index in [4.69, 9.17) is 16.3 Å². The number of aromatic nitrogens is 5. The van der Waals surface area contributed by atoms with Crippen LogP contribution in [0.2, 0.25) is 0 Å². The van der Waals surface area contributed by atoms with Gasteiger partial charge in [-0.3, -0.25) is 4.98 Å². The van der Waals surface area contributed by atoms with Crippen molar-refractivity contribution in [2.24, 2.45) is 0 Å². The fourth-order valence-electron chi connectivity index (χ4n) is 1.59. The molecule has 3 aromatic rings. The zero-order chi connectivity index (χ0) is 13.8. The number of alkyl halides is 1. The van der Waals surface area contributed by atoms with Gasteiger partial charge in [0, 0.05) is 6.20 Å². The van der Waals surface area contributed by atoms with Gasteiger partial charge in [-0.25, -0.2) is 9.67 Å². The van der Waals surface area contributed by atoms with Gasteiger partial charge in [-0.05, 0) is 12.1 Å². The predicted molar refractivity (Wildman–Crippen MR) is 73.0 cm³/mol. The average Bonchev–Trinajstić information content (AvgIpc) is 2.97. The summed E-state index contributed by atoms with van der Waals surface area (Å²) in [5.41, 5.74) is 1.53. The molecule has 0 N–H and O–H groups in total. The summed E-state index contributed by atoms with van der Waals surface area (Å²) in [5.74, 6) is 0.588. The van der Waals surface area contributed by atoms with Crippen molar-refractivity contribution in [3.05, 3.63) is 54.7 Å². The van der Waals surface area contributed by atoms with Gasteiger partial charge in [-0.1, -0.05) is 18.2 Å². The van der Waals surface area contributed by atoms with E-state index in [-0.39, 0.29) is 11.9 Å². The summed E-state index contributed by atoms with van der Waals surface area (Å²) >= 11 is 5.69. The lowest BCUT2D eigenvalue weighted by atomic mass is 10.3. The number of hydrogen-bond acceptors (Lipinski definition) is 5. The predicted octanol–water partition coefficient (Wildman–Crippen LogP) is 2.59. The highest BCUT2D eigenvalue weighted by Crippen LogP contribution is 2.15. The molecule has 6 nitrogen and oxygen atoms in total. The fourth-order valence-corrected chi connectivity index (χ4v) is 1.72. The summed E-state index contributed by atoms with van der Waals surface area (Å²) in [6, 6.07) is 9.83. The molecular weight excluding hydrogens is 278 g/mol. The van der Waals surface area contributed by atoms with Gasteiger partial charge in [0.05, 0.1) is 23.5 Å². The van der Waals surface area contributed by atoms with Crippen LogP contribution in [0.4, 0.5) is 0 Å². The molecule has 0 unspecified atom stereocenters. The van der Waals surface area contributed by atoms with Gasteiger partial charge in [0.1, 0.15) is 6.33 Å². The molecule has 0 radical (unpaired) electrons. The lowest BCUT2D eigenvalue weighted by Crippen LogP contribution is -1.96. The van der Waals surface area contributed by atoms with Gasteiger partial charge >= 0.3 is 6.01 Å². The third-order valence-corrected chi connectivity index (χ3v) is 2.76. The lowest BCUT2D eigenvalue weighted by Gasteiger charge is -2.01. The molecule has 20 heavy (non-hydrogen) atoms. The Bertz CT molecular complexity index is 701. The normalized spacial score (nSPS) is 10.4. The molecule has 2 heterocycles. The minimum absolute atomic E-state index is 0.204. The van der Waals surface area contributed by atoms with Gasteiger partial charge in [0.25, 0.3) is 0 Å². The monoisotopic (exact) mass is 287 g/mol. The van der Waals surface area contributed by atoms with E-state index in [2.05, 4.69) is 20.1 Å². The third-order valence-electron chi connectivity index (χ3n) is 2.49. The van der Waals surface area contributed by atoms with Crippen LogP contribution in [0.3, 0.4) is 0 Å². The second-order valence-electron chi connectivity index (χ2n) is 3.89. The van der Waals surface area contributed by atoms with Crippen molar-refractivity contribution in [3.63, 3.8) is 0 Å². The quantitative estimate of drug-likeness (QED) is 0.690. The van der Waals surface area contributed by atoms with Crippen molar-refractivity contribution >= 4 is 11.6 Å². The molecule has 0 saturated heterocycles. The van der Waals surface area contributed by atoms with E-state index in [0.717, 1.165) is 5.69 Å². The fraction of sp³-hybridized carbons (Fsp3) is 0.0769. The van der Waals surface area contributed by atoms with E-state index < -0.39 is 0 Å². The highest BCUT2D eigenvalue weighted by atomic mass is 35.5. The van der Waals surface area contributed by atoms with Crippen molar-refractivity contribution < 1.29 is 4.74 Å². The van der Waals surface area contributed by atoms with Crippen molar-refractivity contribution in [3.8, 4) is 17.6 Å². The molecule has 100 valence electrons. The number of para-hydroxylation sites is 1. The van der Waals surface area contributed by atoms with Crippen LogP contribution >= 0.6 is 11.6 Å². The van der Waals surface area contributed by atoms with Crippen LogP contribution < -0.4 is 4.74 Å². The van der Waals surface area contributed by atoms with Crippen LogP contribution in [-0.4, -0.2) is 24.7 Å². The van der Waals surface area contributed by atoms with Crippen LogP contribution in [-0.2, 0) is 5.88 Å². The molecule has 0 atom stereocenters. The Balaban J connectivity index is 1.80. The van der Waals surface area contributed by atoms with Crippen LogP contribution in [0, 0.1) is 0 Å². The first-order valence-corrected chi connectivity index (χ1v) is 6.40. The Kier molecular flexibility index (Phi) is 3.56. The summed E-state index contributed by atoms with van der Waals surface area (Å²) < 4.78 is 7.07. The van der Waals surface area contributed by atoms with Crippen LogP contribution in [0.25, 0.3) is 5.69 Å². The number of benzene rings is 1. The maximum atomic E-state index is 5.69. The molecular formula is C13H10ClN5O. The maximum Gasteiger partial charge on any atom is 0.342 e. The zero-order valence-corrected chi connectivity index (χ0v) is 11.1. The minimum Gasteiger partial charge on any atom is -0.402 e. The first-order valence-electron chi connectivity index (χ1n) is 5.87. The number of hydrogen-bond donors (Lipinski definition) is 0. The number of ether oxygens (including phenoxy) is 1. The molecule has 7 heteroatoms. The first kappa shape index (κ1) is 12.6. The van der Waals surface area contributed by atoms with Crippen LogP contribution in [0.15, 0.2) is 49.1 Å². The molecule has 0 amide bonds. The standard InChI is InChI=1S/C13H10ClN5O/c14-6-10-7-15-8-12(17-10)20-13-16-9-19(18-13)11-4-2-1-3-5-11/h1-5,7-9H,6H2. The van der Waals surface area contributed by atoms with Crippen molar-refractivity contribution in [1.82, 2.24) is 24.7 Å². The minimum atomic E-state index is 0.204. The lowest BCUT2D eigenvalue weighted by molar-refractivity contribution is 0.421. The van der Waals surface area contributed by atoms with E-state index in [1.165, 1.54) is 6.20 Å². The van der Waals surface area contributed by atoms with Gasteiger partial charge < -0.3 is 4.74 Å². The average molecular weight is 288 g/mol. The smallest absolute Gasteiger partial charge is 0.342 e. The molecule has 1 aromatic carbocycles. The van der Waals surface area contributed by atoms with Gasteiger partial charge in [0.15, 0.2) is 0 Å². The zero-order valence-electron chi connectivity index (χ0n) is 10.3. The van der Waals surface area contributed by atoms with E-state index in [9.17, 15) is 0 Å². The van der Waals surface area contributed by atoms with E-state index in [1.54, 1.807) is 17.2 Å². The van der Waals surface area contributed by atoms with Crippen LogP contribution in [0.1, 0.15) is 5.69 Å². The highest BCUT2D eigenvalue weighted by Gasteiger charge is 2.06. The second-order valence-corrected chi connectivity index (χ2v) is 4.16. The Hall–Kier alpha value is -2.47. The second kappa shape index (κ2) is 5.66. The van der Waals surface area contributed by atoms with Crippen molar-refractivity contribution in [1.29, 1.82) is 0 Å². The summed E-state index contributed by atoms with van der Waals surface area (Å²) in [6.07, 6.45) is 4.64. The first-order chi connectivity index (χ1) is 9.85. The number of rotatable bonds is 4. The molecule has 3 rings (SSSR count). The topological polar surface area (TPSA) is 65.7 Å². The van der Waals surface area contributed by atoms with E-state index in [1.807, 2.05) is 30.3 Å². The summed E-state index contributed by atoms with van der Waals surface area (Å²) in [5, 5.41) is 4.21. The SMILES string of the molecule is ClCc1cncc(Oc2ncn(-c3ccccc3)n2)n1. The van der Waals surface area contributed by atoms with E-state index in [0.29, 0.717) is 11.6 Å². The van der Waals surface area contributed by atoms with Gasteiger partial charge in [-0.2, -0.15) is 4.98 Å². The molecule has 0 aliphatic carbocycles. The Morgan fingerprint density at radius 2 is 2.00 bits per heavy atom. The van der Waals surface area contributed by atoms with E-state index >= 15 is 0 Å². The Labute approximate surface area is 120 Å². The summed E-state index contributed by atoms with van der Waals surface area (Å²) in [6.45, 7) is 0. The Morgan fingerprint density at radius 3 is 2.80 bits per heavy atom. The largest absolute Gasteiger partial charge is 0.402 e. The highest BCUT2D eigenvalue weighted by molar-refractivity contribution is 6.16. The molecule has 2 aromatic heterocycles. The number of nitrogens with zero attached hydrogens (tertiary/aromatic N) is 5. The third kappa shape index (κ3) is 2.75. The van der Waals surface area contributed by atoms with Crippen molar-refractivity contribution in [2.75, 3.05) is 0 Å². The maximum absolute atomic E-state index is 5.69. The van der Waals surface area contributed by atoms with Crippen LogP contribution in [0.5, 0.6) is 11.9 Å². The summed E-state index contributed by atoms with van der Waals surface area (Å²) in [4.78, 5) is 12.2. The molecule has 0 fully saturated rings. The molecule has 0 spiro atoms. The summed E-state index contributed by atoms with van der Waals surface area (Å²) in [7, 11) is 0. The van der Waals surface area contributed by atoms with Crippen molar-refractivity contribution in [2.45, 2.75) is 5.88 Å². The Morgan fingerprint density at radius 1 is 1.15 bits per heavy atom. The molecule has 0 saturated carbocycles. The molecule has 0 aliphatic heterocycles. The van der Waals surface area contributed by atoms with Gasteiger partial charge in [-0.15, -0.1) is 16.7 Å². The van der Waals surface area contributed by atoms with Gasteiger partial charge in [0.2, 0.25) is 5.88 Å².